The van der Waals surface area contributed by atoms with Crippen LogP contribution >= 0.6 is 0 Å². The maximum atomic E-state index is 9.03. The third-order valence-corrected chi connectivity index (χ3v) is 2.68. The van der Waals surface area contributed by atoms with Gasteiger partial charge in [-0.3, -0.25) is 0 Å². The summed E-state index contributed by atoms with van der Waals surface area (Å²) in [6.07, 6.45) is 5.31. The maximum absolute atomic E-state index is 9.03. The largest absolute Gasteiger partial charge is 0.394 e. The highest BCUT2D eigenvalue weighted by Crippen LogP contribution is 2.29. The highest BCUT2D eigenvalue weighted by molar-refractivity contribution is 4.79. The van der Waals surface area contributed by atoms with Gasteiger partial charge in [0.25, 0.3) is 0 Å². The molecule has 1 N–H and O–H groups in total. The van der Waals surface area contributed by atoms with E-state index in [1.165, 1.54) is 19.3 Å². The van der Waals surface area contributed by atoms with Gasteiger partial charge < -0.3 is 9.84 Å². The van der Waals surface area contributed by atoms with Crippen molar-refractivity contribution in [3.63, 3.8) is 0 Å². The number of unbranched alkanes of at least 4 members (excludes halogenated alkanes) is 1. The molecule has 72 valence electrons. The van der Waals surface area contributed by atoms with E-state index in [-0.39, 0.29) is 12.7 Å². The van der Waals surface area contributed by atoms with Crippen LogP contribution in [0.2, 0.25) is 0 Å². The molecule has 0 amide bonds. The van der Waals surface area contributed by atoms with Crippen LogP contribution in [0.25, 0.3) is 0 Å². The third-order valence-electron chi connectivity index (χ3n) is 2.68. The number of hydrogen-bond donors (Lipinski definition) is 1. The number of rotatable bonds is 4. The van der Waals surface area contributed by atoms with Gasteiger partial charge in [0.1, 0.15) is 0 Å². The molecule has 12 heavy (non-hydrogen) atoms. The predicted molar refractivity (Wildman–Crippen MR) is 49.1 cm³/mol. The molecule has 3 atom stereocenters. The van der Waals surface area contributed by atoms with Crippen LogP contribution in [-0.4, -0.2) is 23.9 Å². The smallest absolute Gasteiger partial charge is 0.0838 e. The first-order valence-electron chi connectivity index (χ1n) is 5.04. The highest BCUT2D eigenvalue weighted by Gasteiger charge is 2.31. The molecule has 1 aliphatic rings. The molecule has 0 radical (unpaired) electrons. The van der Waals surface area contributed by atoms with Gasteiger partial charge in [-0.15, -0.1) is 0 Å². The number of aliphatic hydroxyl groups excluding tert-OH is 1. The van der Waals surface area contributed by atoms with E-state index in [1.807, 2.05) is 0 Å². The van der Waals surface area contributed by atoms with Crippen LogP contribution in [-0.2, 0) is 4.74 Å². The Bertz CT molecular complexity index is 125. The first kappa shape index (κ1) is 10.0. The van der Waals surface area contributed by atoms with Crippen LogP contribution in [0.5, 0.6) is 0 Å². The van der Waals surface area contributed by atoms with Gasteiger partial charge >= 0.3 is 0 Å². The first-order chi connectivity index (χ1) is 5.77. The lowest BCUT2D eigenvalue weighted by Crippen LogP contribution is -2.20. The van der Waals surface area contributed by atoms with Crippen molar-refractivity contribution in [2.24, 2.45) is 5.92 Å². The zero-order valence-corrected chi connectivity index (χ0v) is 8.12. The van der Waals surface area contributed by atoms with Gasteiger partial charge in [-0.2, -0.15) is 0 Å². The fourth-order valence-corrected chi connectivity index (χ4v) is 2.01. The van der Waals surface area contributed by atoms with Crippen LogP contribution in [0.3, 0.4) is 0 Å². The van der Waals surface area contributed by atoms with Crippen LogP contribution in [0.1, 0.15) is 39.5 Å². The van der Waals surface area contributed by atoms with Crippen molar-refractivity contribution in [3.8, 4) is 0 Å². The second-order valence-corrected chi connectivity index (χ2v) is 3.81. The zero-order valence-electron chi connectivity index (χ0n) is 8.12. The van der Waals surface area contributed by atoms with E-state index >= 15 is 0 Å². The fraction of sp³-hybridized carbons (Fsp3) is 1.00. The molecule has 1 saturated heterocycles. The molecule has 1 heterocycles. The summed E-state index contributed by atoms with van der Waals surface area (Å²) in [5, 5.41) is 9.03. The molecule has 2 nitrogen and oxygen atoms in total. The molecule has 0 aromatic carbocycles. The van der Waals surface area contributed by atoms with E-state index < -0.39 is 0 Å². The van der Waals surface area contributed by atoms with Crippen molar-refractivity contribution in [1.82, 2.24) is 0 Å². The van der Waals surface area contributed by atoms with Crippen LogP contribution < -0.4 is 0 Å². The van der Waals surface area contributed by atoms with E-state index in [2.05, 4.69) is 13.8 Å². The van der Waals surface area contributed by atoms with Crippen molar-refractivity contribution in [3.05, 3.63) is 0 Å². The van der Waals surface area contributed by atoms with Crippen molar-refractivity contribution in [2.75, 3.05) is 6.61 Å². The molecule has 2 heteroatoms. The molecule has 0 saturated carbocycles. The van der Waals surface area contributed by atoms with Crippen molar-refractivity contribution < 1.29 is 9.84 Å². The van der Waals surface area contributed by atoms with Crippen molar-refractivity contribution in [1.29, 1.82) is 0 Å². The molecule has 0 bridgehead atoms. The summed E-state index contributed by atoms with van der Waals surface area (Å²) in [6.45, 7) is 4.49. The summed E-state index contributed by atoms with van der Waals surface area (Å²) in [5.41, 5.74) is 0. The summed E-state index contributed by atoms with van der Waals surface area (Å²) in [4.78, 5) is 0. The standard InChI is InChI=1S/C10H20O2/c1-3-4-5-9-6-8(2)12-10(9)7-11/h8-11H,3-7H2,1-2H3/t8?,9-,10+/m0/s1. The number of aliphatic hydroxyl groups is 1. The zero-order chi connectivity index (χ0) is 8.97. The minimum atomic E-state index is 0.117. The minimum Gasteiger partial charge on any atom is -0.394 e. The lowest BCUT2D eigenvalue weighted by molar-refractivity contribution is 0.00540. The highest BCUT2D eigenvalue weighted by atomic mass is 16.5. The van der Waals surface area contributed by atoms with Gasteiger partial charge in [0.15, 0.2) is 0 Å². The average molecular weight is 172 g/mol. The van der Waals surface area contributed by atoms with E-state index in [4.69, 9.17) is 9.84 Å². The molecule has 1 rings (SSSR count). The molecule has 1 fully saturated rings. The van der Waals surface area contributed by atoms with Gasteiger partial charge in [-0.05, 0) is 25.7 Å². The molecule has 0 spiro atoms. The predicted octanol–water partition coefficient (Wildman–Crippen LogP) is 1.96. The monoisotopic (exact) mass is 172 g/mol. The SMILES string of the molecule is CCCC[C@H]1CC(C)O[C@@H]1CO. The average Bonchev–Trinajstić information content (AvgIpc) is 2.42. The molecule has 0 aromatic rings. The lowest BCUT2D eigenvalue weighted by atomic mass is 9.94. The maximum Gasteiger partial charge on any atom is 0.0838 e. The van der Waals surface area contributed by atoms with E-state index in [0.29, 0.717) is 12.0 Å². The number of hydrogen-bond acceptors (Lipinski definition) is 2. The van der Waals surface area contributed by atoms with Crippen molar-refractivity contribution in [2.45, 2.75) is 51.7 Å². The number of ether oxygens (including phenoxy) is 1. The lowest BCUT2D eigenvalue weighted by Gasteiger charge is -2.14. The van der Waals surface area contributed by atoms with E-state index in [1.54, 1.807) is 0 Å². The van der Waals surface area contributed by atoms with Crippen LogP contribution in [0.4, 0.5) is 0 Å². The van der Waals surface area contributed by atoms with E-state index in [9.17, 15) is 0 Å². The van der Waals surface area contributed by atoms with Gasteiger partial charge in [0.2, 0.25) is 0 Å². The summed E-state index contributed by atoms with van der Waals surface area (Å²) >= 11 is 0. The Labute approximate surface area is 74.9 Å². The van der Waals surface area contributed by atoms with Gasteiger partial charge in [0, 0.05) is 0 Å². The first-order valence-corrected chi connectivity index (χ1v) is 5.04. The summed E-state index contributed by atoms with van der Waals surface area (Å²) < 4.78 is 5.57. The van der Waals surface area contributed by atoms with Crippen LogP contribution in [0.15, 0.2) is 0 Å². The Hall–Kier alpha value is -0.0800. The minimum absolute atomic E-state index is 0.117. The normalized spacial score (nSPS) is 35.8. The van der Waals surface area contributed by atoms with Gasteiger partial charge in [-0.1, -0.05) is 19.8 Å². The second kappa shape index (κ2) is 4.83. The molecule has 1 unspecified atom stereocenters. The second-order valence-electron chi connectivity index (χ2n) is 3.81. The van der Waals surface area contributed by atoms with E-state index in [0.717, 1.165) is 6.42 Å². The van der Waals surface area contributed by atoms with Crippen molar-refractivity contribution >= 4 is 0 Å². The van der Waals surface area contributed by atoms with Gasteiger partial charge in [-0.25, -0.2) is 0 Å². The molecular formula is C10H20O2. The molecule has 1 aliphatic heterocycles. The Morgan fingerprint density at radius 3 is 2.83 bits per heavy atom. The Kier molecular flexibility index (Phi) is 4.02. The summed E-state index contributed by atoms with van der Waals surface area (Å²) in [7, 11) is 0. The molecule has 0 aromatic heterocycles. The Morgan fingerprint density at radius 1 is 1.50 bits per heavy atom. The summed E-state index contributed by atoms with van der Waals surface area (Å²) in [5.74, 6) is 0.602. The fourth-order valence-electron chi connectivity index (χ4n) is 2.01. The molecule has 0 aliphatic carbocycles. The van der Waals surface area contributed by atoms with Crippen LogP contribution in [0, 0.1) is 5.92 Å². The third kappa shape index (κ3) is 2.46. The quantitative estimate of drug-likeness (QED) is 0.702. The van der Waals surface area contributed by atoms with Gasteiger partial charge in [0.05, 0.1) is 18.8 Å². The topological polar surface area (TPSA) is 29.5 Å². The summed E-state index contributed by atoms with van der Waals surface area (Å²) in [6, 6.07) is 0. The Morgan fingerprint density at radius 2 is 2.25 bits per heavy atom. The molecular weight excluding hydrogens is 152 g/mol. The Balaban J connectivity index is 2.30.